The lowest BCUT2D eigenvalue weighted by molar-refractivity contribution is 0.187. The highest BCUT2D eigenvalue weighted by Crippen LogP contribution is 2.35. The fourth-order valence-electron chi connectivity index (χ4n) is 4.62. The zero-order valence-corrected chi connectivity index (χ0v) is 24.6. The largest absolute Gasteiger partial charge is 0.496 e. The monoisotopic (exact) mass is 565 g/mol. The van der Waals surface area contributed by atoms with Crippen molar-refractivity contribution in [2.75, 3.05) is 20.3 Å². The summed E-state index contributed by atoms with van der Waals surface area (Å²) in [5.74, 6) is 2.62. The van der Waals surface area contributed by atoms with Gasteiger partial charge >= 0.3 is 0 Å². The van der Waals surface area contributed by atoms with Crippen molar-refractivity contribution in [2.24, 2.45) is 10.5 Å². The zero-order valence-electron chi connectivity index (χ0n) is 24.6. The molecule has 0 unspecified atom stereocenters. The Morgan fingerprint density at radius 2 is 1.83 bits per heavy atom. The molecule has 8 heteroatoms. The average Bonchev–Trinajstić information content (AvgIpc) is 3.40. The van der Waals surface area contributed by atoms with Crippen LogP contribution in [0, 0.1) is 5.41 Å². The Bertz CT molecular complexity index is 1840. The van der Waals surface area contributed by atoms with Gasteiger partial charge in [-0.3, -0.25) is 4.79 Å². The van der Waals surface area contributed by atoms with Crippen LogP contribution in [0.1, 0.15) is 38.8 Å². The second-order valence-corrected chi connectivity index (χ2v) is 11.1. The van der Waals surface area contributed by atoms with Crippen LogP contribution in [-0.4, -0.2) is 36.2 Å². The molecule has 0 N–H and O–H groups in total. The molecule has 0 atom stereocenters. The molecule has 216 valence electrons. The van der Waals surface area contributed by atoms with Crippen molar-refractivity contribution in [3.05, 3.63) is 94.8 Å². The van der Waals surface area contributed by atoms with Crippen molar-refractivity contribution in [2.45, 2.75) is 34.1 Å². The predicted octanol–water partition coefficient (Wildman–Crippen LogP) is 7.25. The summed E-state index contributed by atoms with van der Waals surface area (Å²) in [5.41, 5.74) is 2.45. The van der Waals surface area contributed by atoms with E-state index >= 15 is 0 Å². The van der Waals surface area contributed by atoms with Gasteiger partial charge in [0, 0.05) is 5.56 Å². The summed E-state index contributed by atoms with van der Waals surface area (Å²) in [6.07, 6.45) is 4.01. The van der Waals surface area contributed by atoms with E-state index in [0.29, 0.717) is 59.1 Å². The van der Waals surface area contributed by atoms with Gasteiger partial charge in [-0.25, -0.2) is 4.98 Å². The van der Waals surface area contributed by atoms with Gasteiger partial charge in [0.2, 0.25) is 5.82 Å². The van der Waals surface area contributed by atoms with E-state index in [1.807, 2.05) is 55.5 Å². The molecular formula is C34H35N3O5. The number of hydrogen-bond donors (Lipinski definition) is 0. The molecule has 0 aliphatic carbocycles. The molecule has 42 heavy (non-hydrogen) atoms. The highest BCUT2D eigenvalue weighted by atomic mass is 16.5. The number of allylic oxidation sites excluding steroid dienone is 1. The molecule has 0 radical (unpaired) electrons. The number of benzene rings is 3. The van der Waals surface area contributed by atoms with Crippen molar-refractivity contribution in [1.29, 1.82) is 0 Å². The van der Waals surface area contributed by atoms with Crippen LogP contribution in [-0.2, 0) is 6.42 Å². The third kappa shape index (κ3) is 5.93. The normalized spacial score (nSPS) is 11.8. The molecule has 0 saturated heterocycles. The molecule has 0 saturated carbocycles. The SMILES string of the molecule is C=CCc1cc(C=Nn2c(-c3cc4c(OC)cccc4o3)nc3ccccc3c2=O)cc(OCC)c1OCC(C)(C)C. The lowest BCUT2D eigenvalue weighted by Gasteiger charge is -2.22. The van der Waals surface area contributed by atoms with Gasteiger partial charge in [-0.15, -0.1) is 6.58 Å². The van der Waals surface area contributed by atoms with Gasteiger partial charge in [0.1, 0.15) is 11.3 Å². The van der Waals surface area contributed by atoms with Crippen LogP contribution in [0.25, 0.3) is 33.5 Å². The van der Waals surface area contributed by atoms with Crippen LogP contribution in [0.3, 0.4) is 0 Å². The molecule has 0 bridgehead atoms. The Hall–Kier alpha value is -4.85. The molecule has 5 rings (SSSR count). The summed E-state index contributed by atoms with van der Waals surface area (Å²) >= 11 is 0. The molecule has 2 heterocycles. The number of hydrogen-bond acceptors (Lipinski definition) is 7. The Labute approximate surface area is 244 Å². The quantitative estimate of drug-likeness (QED) is 0.131. The van der Waals surface area contributed by atoms with Crippen LogP contribution >= 0.6 is 0 Å². The second-order valence-electron chi connectivity index (χ2n) is 11.1. The lowest BCUT2D eigenvalue weighted by atomic mass is 9.98. The van der Waals surface area contributed by atoms with E-state index in [4.69, 9.17) is 23.6 Å². The van der Waals surface area contributed by atoms with Crippen LogP contribution in [0.4, 0.5) is 0 Å². The smallest absolute Gasteiger partial charge is 0.282 e. The minimum absolute atomic E-state index is 0.0314. The van der Waals surface area contributed by atoms with Crippen LogP contribution < -0.4 is 19.8 Å². The number of rotatable bonds is 10. The minimum atomic E-state index is -0.319. The van der Waals surface area contributed by atoms with Gasteiger partial charge < -0.3 is 18.6 Å². The first-order valence-corrected chi connectivity index (χ1v) is 13.9. The number of para-hydroxylation sites is 1. The first kappa shape index (κ1) is 28.7. The van der Waals surface area contributed by atoms with Crippen molar-refractivity contribution in [3.8, 4) is 28.8 Å². The predicted molar refractivity (Wildman–Crippen MR) is 167 cm³/mol. The molecule has 3 aromatic carbocycles. The molecular weight excluding hydrogens is 530 g/mol. The summed E-state index contributed by atoms with van der Waals surface area (Å²) in [6.45, 7) is 13.2. The van der Waals surface area contributed by atoms with Gasteiger partial charge in [0.25, 0.3) is 5.56 Å². The Balaban J connectivity index is 1.65. The summed E-state index contributed by atoms with van der Waals surface area (Å²) < 4.78 is 25.1. The average molecular weight is 566 g/mol. The Morgan fingerprint density at radius 3 is 2.57 bits per heavy atom. The standard InChI is InChI=1S/C34H35N3O5/c1-7-12-23-17-22(18-29(40-8-2)31(23)41-21-34(3,4)5)20-35-37-32(36-26-14-10-9-13-24(26)33(37)38)30-19-25-27(39-6)15-11-16-28(25)42-30/h7,9-11,13-20H,1,8,12,21H2,2-6H3. The first-order chi connectivity index (χ1) is 20.2. The molecule has 0 fully saturated rings. The molecule has 5 aromatic rings. The zero-order chi connectivity index (χ0) is 29.9. The van der Waals surface area contributed by atoms with Crippen LogP contribution in [0.5, 0.6) is 17.2 Å². The molecule has 0 aliphatic rings. The highest BCUT2D eigenvalue weighted by Gasteiger charge is 2.19. The highest BCUT2D eigenvalue weighted by molar-refractivity contribution is 5.89. The molecule has 0 aliphatic heterocycles. The van der Waals surface area contributed by atoms with E-state index in [0.717, 1.165) is 16.5 Å². The fourth-order valence-corrected chi connectivity index (χ4v) is 4.62. The fraction of sp³-hybridized carbons (Fsp3) is 0.265. The number of furan rings is 1. The van der Waals surface area contributed by atoms with Crippen molar-refractivity contribution < 1.29 is 18.6 Å². The van der Waals surface area contributed by atoms with Gasteiger partial charge in [-0.05, 0) is 66.8 Å². The number of ether oxygens (including phenoxy) is 3. The van der Waals surface area contributed by atoms with E-state index in [1.54, 1.807) is 31.5 Å². The Morgan fingerprint density at radius 1 is 1.02 bits per heavy atom. The molecule has 0 spiro atoms. The number of methoxy groups -OCH3 is 1. The molecule has 0 amide bonds. The number of nitrogens with zero attached hydrogens (tertiary/aromatic N) is 3. The molecule has 2 aromatic heterocycles. The maximum Gasteiger partial charge on any atom is 0.282 e. The summed E-state index contributed by atoms with van der Waals surface area (Å²) in [7, 11) is 1.60. The van der Waals surface area contributed by atoms with E-state index in [9.17, 15) is 4.79 Å². The molecule has 8 nitrogen and oxygen atoms in total. The summed E-state index contributed by atoms with van der Waals surface area (Å²) in [4.78, 5) is 18.5. The third-order valence-electron chi connectivity index (χ3n) is 6.51. The van der Waals surface area contributed by atoms with Gasteiger partial charge in [0.15, 0.2) is 17.3 Å². The van der Waals surface area contributed by atoms with Crippen molar-refractivity contribution >= 4 is 28.1 Å². The van der Waals surface area contributed by atoms with E-state index in [-0.39, 0.29) is 16.8 Å². The minimum Gasteiger partial charge on any atom is -0.496 e. The van der Waals surface area contributed by atoms with Gasteiger partial charge in [-0.2, -0.15) is 9.78 Å². The number of fused-ring (bicyclic) bond motifs is 2. The van der Waals surface area contributed by atoms with Crippen LogP contribution in [0.2, 0.25) is 0 Å². The van der Waals surface area contributed by atoms with Gasteiger partial charge in [-0.1, -0.05) is 45.0 Å². The van der Waals surface area contributed by atoms with Gasteiger partial charge in [0.05, 0.1) is 42.8 Å². The maximum atomic E-state index is 13.7. The lowest BCUT2D eigenvalue weighted by Crippen LogP contribution is -2.20. The van der Waals surface area contributed by atoms with E-state index < -0.39 is 0 Å². The summed E-state index contributed by atoms with van der Waals surface area (Å²) in [6, 6.07) is 18.4. The summed E-state index contributed by atoms with van der Waals surface area (Å²) in [5, 5.41) is 5.85. The van der Waals surface area contributed by atoms with E-state index in [2.05, 4.69) is 32.5 Å². The second kappa shape index (κ2) is 11.9. The van der Waals surface area contributed by atoms with Crippen LogP contribution in [0.15, 0.2) is 87.6 Å². The van der Waals surface area contributed by atoms with Crippen molar-refractivity contribution in [3.63, 3.8) is 0 Å². The topological polar surface area (TPSA) is 88.1 Å². The maximum absolute atomic E-state index is 13.7. The van der Waals surface area contributed by atoms with E-state index in [1.165, 1.54) is 4.68 Å². The van der Waals surface area contributed by atoms with Crippen molar-refractivity contribution in [1.82, 2.24) is 9.66 Å². The third-order valence-corrected chi connectivity index (χ3v) is 6.51. The number of aromatic nitrogens is 2. The Kier molecular flexibility index (Phi) is 8.15. The first-order valence-electron chi connectivity index (χ1n) is 13.9.